The molecule has 0 atom stereocenters. The van der Waals surface area contributed by atoms with Gasteiger partial charge in [0, 0.05) is 32.7 Å². The van der Waals surface area contributed by atoms with E-state index in [1.54, 1.807) is 0 Å². The number of anilines is 1. The monoisotopic (exact) mass is 291 g/mol. The minimum absolute atomic E-state index is 0.323. The van der Waals surface area contributed by atoms with Gasteiger partial charge in [-0.15, -0.1) is 0 Å². The summed E-state index contributed by atoms with van der Waals surface area (Å²) < 4.78 is 53.5. The average Bonchev–Trinajstić information content (AvgIpc) is 2.38. The van der Waals surface area contributed by atoms with Crippen LogP contribution < -0.4 is 4.90 Å². The summed E-state index contributed by atoms with van der Waals surface area (Å²) in [5.74, 6) is -5.58. The fourth-order valence-electron chi connectivity index (χ4n) is 2.42. The van der Waals surface area contributed by atoms with E-state index in [2.05, 4.69) is 23.7 Å². The van der Waals surface area contributed by atoms with Crippen LogP contribution in [0.3, 0.4) is 0 Å². The molecule has 2 rings (SSSR count). The summed E-state index contributed by atoms with van der Waals surface area (Å²) in [5.41, 5.74) is -0.654. The van der Waals surface area contributed by atoms with Gasteiger partial charge in [-0.05, 0) is 5.92 Å². The first-order chi connectivity index (χ1) is 9.40. The number of pyridine rings is 1. The first kappa shape index (κ1) is 15.0. The third-order valence-electron chi connectivity index (χ3n) is 3.29. The molecule has 0 bridgehead atoms. The van der Waals surface area contributed by atoms with E-state index in [0.29, 0.717) is 32.1 Å². The first-order valence-electron chi connectivity index (χ1n) is 6.57. The fourth-order valence-corrected chi connectivity index (χ4v) is 2.42. The molecule has 0 amide bonds. The zero-order valence-corrected chi connectivity index (χ0v) is 11.5. The molecule has 1 aromatic rings. The molecule has 1 aliphatic rings. The van der Waals surface area contributed by atoms with Crippen LogP contribution >= 0.6 is 0 Å². The van der Waals surface area contributed by atoms with E-state index in [1.165, 1.54) is 4.90 Å². The van der Waals surface area contributed by atoms with Crippen molar-refractivity contribution in [3.05, 3.63) is 23.5 Å². The normalized spacial score (nSPS) is 17.1. The smallest absolute Gasteiger partial charge is 0.253 e. The Morgan fingerprint density at radius 2 is 1.45 bits per heavy atom. The Balaban J connectivity index is 2.15. The highest BCUT2D eigenvalue weighted by Crippen LogP contribution is 2.27. The number of piperazine rings is 1. The summed E-state index contributed by atoms with van der Waals surface area (Å²) in [5, 5.41) is 0. The summed E-state index contributed by atoms with van der Waals surface area (Å²) in [6.07, 6.45) is 0. The maximum Gasteiger partial charge on any atom is 0.253 e. The molecule has 1 aromatic heterocycles. The van der Waals surface area contributed by atoms with Gasteiger partial charge in [0.2, 0.25) is 11.6 Å². The van der Waals surface area contributed by atoms with Crippen LogP contribution in [0.25, 0.3) is 0 Å². The highest BCUT2D eigenvalue weighted by Gasteiger charge is 2.27. The van der Waals surface area contributed by atoms with E-state index < -0.39 is 29.2 Å². The van der Waals surface area contributed by atoms with E-state index in [-0.39, 0.29) is 0 Å². The van der Waals surface area contributed by atoms with Gasteiger partial charge in [0.05, 0.1) is 0 Å². The van der Waals surface area contributed by atoms with Crippen molar-refractivity contribution in [2.75, 3.05) is 37.6 Å². The minimum atomic E-state index is -1.61. The van der Waals surface area contributed by atoms with Crippen molar-refractivity contribution in [3.63, 3.8) is 0 Å². The summed E-state index contributed by atoms with van der Waals surface area (Å²) in [6.45, 7) is 6.90. The molecule has 1 fully saturated rings. The van der Waals surface area contributed by atoms with Crippen LogP contribution in [0.4, 0.5) is 23.2 Å². The lowest BCUT2D eigenvalue weighted by atomic mass is 10.2. The van der Waals surface area contributed by atoms with Crippen LogP contribution in [0.5, 0.6) is 0 Å². The van der Waals surface area contributed by atoms with Crippen LogP contribution in [0.2, 0.25) is 0 Å². The van der Waals surface area contributed by atoms with Crippen molar-refractivity contribution in [2.45, 2.75) is 13.8 Å². The molecule has 7 heteroatoms. The van der Waals surface area contributed by atoms with Crippen molar-refractivity contribution in [1.29, 1.82) is 0 Å². The van der Waals surface area contributed by atoms with E-state index in [1.807, 2.05) is 0 Å². The third-order valence-corrected chi connectivity index (χ3v) is 3.29. The van der Waals surface area contributed by atoms with E-state index in [0.717, 1.165) is 6.54 Å². The molecule has 3 nitrogen and oxygen atoms in total. The molecular weight excluding hydrogens is 274 g/mol. The van der Waals surface area contributed by atoms with Gasteiger partial charge in [-0.3, -0.25) is 4.90 Å². The Morgan fingerprint density at radius 1 is 0.950 bits per heavy atom. The van der Waals surface area contributed by atoms with E-state index >= 15 is 0 Å². The maximum absolute atomic E-state index is 13.6. The second kappa shape index (κ2) is 5.95. The molecule has 0 saturated carbocycles. The predicted molar refractivity (Wildman–Crippen MR) is 67.6 cm³/mol. The van der Waals surface area contributed by atoms with Crippen molar-refractivity contribution in [3.8, 4) is 0 Å². The zero-order chi connectivity index (χ0) is 14.9. The van der Waals surface area contributed by atoms with Gasteiger partial charge in [-0.25, -0.2) is 0 Å². The highest BCUT2D eigenvalue weighted by molar-refractivity contribution is 5.49. The van der Waals surface area contributed by atoms with Gasteiger partial charge in [-0.1, -0.05) is 13.8 Å². The Morgan fingerprint density at radius 3 is 1.90 bits per heavy atom. The molecule has 1 saturated heterocycles. The standard InChI is InChI=1S/C13H17F4N3/c1-8(2)7-19-3-5-20(6-4-19)11-9(14)12(16)18-13(17)10(11)15/h8H,3-7H2,1-2H3. The van der Waals surface area contributed by atoms with Crippen molar-refractivity contribution in [1.82, 2.24) is 9.88 Å². The van der Waals surface area contributed by atoms with Gasteiger partial charge in [0.1, 0.15) is 5.69 Å². The minimum Gasteiger partial charge on any atom is -0.364 e. The highest BCUT2D eigenvalue weighted by atomic mass is 19.2. The Bertz CT molecular complexity index is 459. The molecule has 0 aromatic carbocycles. The van der Waals surface area contributed by atoms with Gasteiger partial charge in [0.15, 0.2) is 0 Å². The molecule has 0 aliphatic carbocycles. The molecule has 1 aliphatic heterocycles. The van der Waals surface area contributed by atoms with Crippen LogP contribution in [-0.2, 0) is 0 Å². The van der Waals surface area contributed by atoms with Gasteiger partial charge in [-0.2, -0.15) is 22.5 Å². The van der Waals surface area contributed by atoms with E-state index in [4.69, 9.17) is 0 Å². The lowest BCUT2D eigenvalue weighted by Gasteiger charge is -2.36. The largest absolute Gasteiger partial charge is 0.364 e. The predicted octanol–water partition coefficient (Wildman–Crippen LogP) is 2.42. The SMILES string of the molecule is CC(C)CN1CCN(c2c(F)c(F)nc(F)c2F)CC1. The Kier molecular flexibility index (Phi) is 4.47. The Hall–Kier alpha value is -1.37. The number of nitrogens with zero attached hydrogens (tertiary/aromatic N) is 3. The van der Waals surface area contributed by atoms with Gasteiger partial charge >= 0.3 is 0 Å². The van der Waals surface area contributed by atoms with Crippen LogP contribution in [0.1, 0.15) is 13.8 Å². The molecule has 112 valence electrons. The quantitative estimate of drug-likeness (QED) is 0.630. The summed E-state index contributed by atoms with van der Waals surface area (Å²) >= 11 is 0. The van der Waals surface area contributed by atoms with E-state index in [9.17, 15) is 17.6 Å². The second-order valence-electron chi connectivity index (χ2n) is 5.35. The molecule has 0 spiro atoms. The number of hydrogen-bond donors (Lipinski definition) is 0. The number of hydrogen-bond acceptors (Lipinski definition) is 3. The summed E-state index contributed by atoms with van der Waals surface area (Å²) in [7, 11) is 0. The molecule has 0 N–H and O–H groups in total. The van der Waals surface area contributed by atoms with Crippen molar-refractivity contribution in [2.24, 2.45) is 5.92 Å². The molecule has 2 heterocycles. The molecule has 0 radical (unpaired) electrons. The maximum atomic E-state index is 13.6. The number of aromatic nitrogens is 1. The molecular formula is C13H17F4N3. The van der Waals surface area contributed by atoms with Crippen LogP contribution in [0, 0.1) is 29.4 Å². The second-order valence-corrected chi connectivity index (χ2v) is 5.35. The van der Waals surface area contributed by atoms with Gasteiger partial charge in [0.25, 0.3) is 11.9 Å². The van der Waals surface area contributed by atoms with Crippen LogP contribution in [0.15, 0.2) is 0 Å². The van der Waals surface area contributed by atoms with Gasteiger partial charge < -0.3 is 4.90 Å². The van der Waals surface area contributed by atoms with Crippen LogP contribution in [-0.4, -0.2) is 42.6 Å². The lowest BCUT2D eigenvalue weighted by molar-refractivity contribution is 0.229. The summed E-state index contributed by atoms with van der Waals surface area (Å²) in [6, 6.07) is 0. The number of rotatable bonds is 3. The number of halogens is 4. The molecule has 0 unspecified atom stereocenters. The fraction of sp³-hybridized carbons (Fsp3) is 0.615. The average molecular weight is 291 g/mol. The zero-order valence-electron chi connectivity index (χ0n) is 11.5. The first-order valence-corrected chi connectivity index (χ1v) is 6.57. The third kappa shape index (κ3) is 3.03. The van der Waals surface area contributed by atoms with Crippen molar-refractivity contribution >= 4 is 5.69 Å². The lowest BCUT2D eigenvalue weighted by Crippen LogP contribution is -2.48. The Labute approximate surface area is 115 Å². The summed E-state index contributed by atoms with van der Waals surface area (Å²) in [4.78, 5) is 6.05. The molecule has 20 heavy (non-hydrogen) atoms. The van der Waals surface area contributed by atoms with Crippen molar-refractivity contribution < 1.29 is 17.6 Å². The topological polar surface area (TPSA) is 19.4 Å².